The molecule has 1 aromatic heterocycles. The number of halogens is 4. The summed E-state index contributed by atoms with van der Waals surface area (Å²) >= 11 is 2.09. The number of nitrogens with two attached hydrogens (primary N) is 1. The van der Waals surface area contributed by atoms with Crippen molar-refractivity contribution in [3.8, 4) is 0 Å². The van der Waals surface area contributed by atoms with E-state index in [0.717, 1.165) is 34.9 Å². The first kappa shape index (κ1) is 15.7. The summed E-state index contributed by atoms with van der Waals surface area (Å²) in [4.78, 5) is 8.33. The number of ether oxygens (including phenoxy) is 1. The lowest BCUT2D eigenvalue weighted by atomic mass is 10.0. The van der Waals surface area contributed by atoms with E-state index < -0.39 is 12.8 Å². The molecule has 1 aliphatic rings. The lowest BCUT2D eigenvalue weighted by Gasteiger charge is -2.14. The first-order valence-corrected chi connectivity index (χ1v) is 7.41. The van der Waals surface area contributed by atoms with E-state index in [0.29, 0.717) is 11.7 Å². The van der Waals surface area contributed by atoms with Gasteiger partial charge in [0, 0.05) is 5.92 Å². The third-order valence-electron chi connectivity index (χ3n) is 3.19. The summed E-state index contributed by atoms with van der Waals surface area (Å²) in [6.45, 7) is -1.58. The molecule has 0 radical (unpaired) electrons. The monoisotopic (exact) mass is 401 g/mol. The van der Waals surface area contributed by atoms with Gasteiger partial charge in [-0.1, -0.05) is 12.8 Å². The number of anilines is 1. The van der Waals surface area contributed by atoms with E-state index in [1.165, 1.54) is 0 Å². The second kappa shape index (κ2) is 6.42. The molecule has 1 saturated carbocycles. The van der Waals surface area contributed by atoms with Gasteiger partial charge in [-0.25, -0.2) is 9.97 Å². The van der Waals surface area contributed by atoms with Crippen LogP contribution >= 0.6 is 22.6 Å². The van der Waals surface area contributed by atoms with Crippen LogP contribution in [0, 0.1) is 3.57 Å². The minimum Gasteiger partial charge on any atom is -0.383 e. The van der Waals surface area contributed by atoms with Crippen molar-refractivity contribution in [2.24, 2.45) is 0 Å². The third kappa shape index (κ3) is 4.18. The molecule has 0 bridgehead atoms. The maximum absolute atomic E-state index is 12.0. The second-order valence-corrected chi connectivity index (χ2v) is 5.89. The maximum Gasteiger partial charge on any atom is 0.411 e. The van der Waals surface area contributed by atoms with Gasteiger partial charge in [0.25, 0.3) is 0 Å². The SMILES string of the molecule is Nc1nc(COCC(F)(F)F)nc(C2CCCC2)c1I. The summed E-state index contributed by atoms with van der Waals surface area (Å²) in [5, 5.41) is 0. The Balaban J connectivity index is 2.09. The molecule has 8 heteroatoms. The molecule has 112 valence electrons. The van der Waals surface area contributed by atoms with Gasteiger partial charge in [-0.3, -0.25) is 0 Å². The highest BCUT2D eigenvalue weighted by atomic mass is 127. The highest BCUT2D eigenvalue weighted by Gasteiger charge is 2.28. The van der Waals surface area contributed by atoms with E-state index in [1.54, 1.807) is 0 Å². The molecule has 0 amide bonds. The van der Waals surface area contributed by atoms with Gasteiger partial charge in [0.1, 0.15) is 19.0 Å². The lowest BCUT2D eigenvalue weighted by Crippen LogP contribution is -2.18. The molecular weight excluding hydrogens is 386 g/mol. The van der Waals surface area contributed by atoms with Crippen LogP contribution < -0.4 is 5.73 Å². The van der Waals surface area contributed by atoms with Crippen LogP contribution in [0.5, 0.6) is 0 Å². The number of nitrogen functional groups attached to an aromatic ring is 1. The minimum atomic E-state index is -4.34. The zero-order chi connectivity index (χ0) is 14.8. The molecule has 2 N–H and O–H groups in total. The summed E-state index contributed by atoms with van der Waals surface area (Å²) in [6.07, 6.45) is 0.0166. The molecule has 1 fully saturated rings. The Kier molecular flexibility index (Phi) is 5.05. The van der Waals surface area contributed by atoms with Gasteiger partial charge >= 0.3 is 6.18 Å². The smallest absolute Gasteiger partial charge is 0.383 e. The van der Waals surface area contributed by atoms with E-state index >= 15 is 0 Å². The average molecular weight is 401 g/mol. The van der Waals surface area contributed by atoms with Crippen LogP contribution in [0.3, 0.4) is 0 Å². The Hall–Kier alpha value is -0.640. The van der Waals surface area contributed by atoms with Crippen molar-refractivity contribution in [1.82, 2.24) is 9.97 Å². The van der Waals surface area contributed by atoms with Gasteiger partial charge in [0.05, 0.1) is 9.26 Å². The molecule has 1 aliphatic carbocycles. The molecule has 0 aliphatic heterocycles. The number of aromatic nitrogens is 2. The van der Waals surface area contributed by atoms with E-state index in [4.69, 9.17) is 5.73 Å². The van der Waals surface area contributed by atoms with Crippen LogP contribution in [0.1, 0.15) is 43.1 Å². The van der Waals surface area contributed by atoms with Crippen molar-refractivity contribution < 1.29 is 17.9 Å². The van der Waals surface area contributed by atoms with Crippen molar-refractivity contribution in [3.63, 3.8) is 0 Å². The Bertz CT molecular complexity index is 476. The van der Waals surface area contributed by atoms with Crippen LogP contribution in [0.25, 0.3) is 0 Å². The van der Waals surface area contributed by atoms with Gasteiger partial charge in [0.2, 0.25) is 0 Å². The van der Waals surface area contributed by atoms with Crippen LogP contribution in [0.2, 0.25) is 0 Å². The second-order valence-electron chi connectivity index (χ2n) is 4.81. The quantitative estimate of drug-likeness (QED) is 0.786. The fourth-order valence-electron chi connectivity index (χ4n) is 2.32. The number of rotatable bonds is 4. The van der Waals surface area contributed by atoms with Crippen molar-refractivity contribution in [2.45, 2.75) is 44.4 Å². The van der Waals surface area contributed by atoms with Crippen LogP contribution in [-0.2, 0) is 11.3 Å². The van der Waals surface area contributed by atoms with Crippen molar-refractivity contribution >= 4 is 28.4 Å². The maximum atomic E-state index is 12.0. The third-order valence-corrected chi connectivity index (χ3v) is 4.29. The zero-order valence-electron chi connectivity index (χ0n) is 10.7. The first-order valence-electron chi connectivity index (χ1n) is 6.33. The van der Waals surface area contributed by atoms with Gasteiger partial charge in [-0.2, -0.15) is 13.2 Å². The highest BCUT2D eigenvalue weighted by Crippen LogP contribution is 2.36. The fourth-order valence-corrected chi connectivity index (χ4v) is 3.01. The largest absolute Gasteiger partial charge is 0.411 e. The van der Waals surface area contributed by atoms with E-state index in [1.807, 2.05) is 0 Å². The lowest BCUT2D eigenvalue weighted by molar-refractivity contribution is -0.177. The Labute approximate surface area is 128 Å². The van der Waals surface area contributed by atoms with E-state index in [2.05, 4.69) is 37.3 Å². The summed E-state index contributed by atoms with van der Waals surface area (Å²) in [7, 11) is 0. The van der Waals surface area contributed by atoms with Crippen LogP contribution in [0.15, 0.2) is 0 Å². The van der Waals surface area contributed by atoms with Gasteiger partial charge in [-0.05, 0) is 35.4 Å². The summed E-state index contributed by atoms with van der Waals surface area (Å²) in [5.74, 6) is 0.857. The predicted molar refractivity (Wildman–Crippen MR) is 76.1 cm³/mol. The van der Waals surface area contributed by atoms with Gasteiger partial charge < -0.3 is 10.5 Å². The standard InChI is InChI=1S/C12H15F3IN3O/c13-12(14,15)6-20-5-8-18-10(7-3-1-2-4-7)9(16)11(17)19-8/h7H,1-6H2,(H2,17,18,19). The normalized spacial score (nSPS) is 16.8. The number of nitrogens with zero attached hydrogens (tertiary/aromatic N) is 2. The molecular formula is C12H15F3IN3O. The van der Waals surface area contributed by atoms with Crippen LogP contribution in [-0.4, -0.2) is 22.8 Å². The highest BCUT2D eigenvalue weighted by molar-refractivity contribution is 14.1. The molecule has 0 spiro atoms. The molecule has 20 heavy (non-hydrogen) atoms. The Morgan fingerprint density at radius 1 is 1.25 bits per heavy atom. The molecule has 4 nitrogen and oxygen atoms in total. The number of hydrogen-bond acceptors (Lipinski definition) is 4. The first-order chi connectivity index (χ1) is 9.37. The van der Waals surface area contributed by atoms with Crippen molar-refractivity contribution in [1.29, 1.82) is 0 Å². The summed E-state index contributed by atoms with van der Waals surface area (Å²) in [5.41, 5.74) is 6.66. The number of alkyl halides is 3. The summed E-state index contributed by atoms with van der Waals surface area (Å²) < 4.78 is 41.5. The Morgan fingerprint density at radius 3 is 2.50 bits per heavy atom. The predicted octanol–water partition coefficient (Wildman–Crippen LogP) is 3.40. The zero-order valence-corrected chi connectivity index (χ0v) is 12.9. The van der Waals surface area contributed by atoms with Gasteiger partial charge in [-0.15, -0.1) is 0 Å². The molecule has 0 atom stereocenters. The van der Waals surface area contributed by atoms with Gasteiger partial charge in [0.15, 0.2) is 5.82 Å². The molecule has 1 aromatic rings. The molecule has 0 unspecified atom stereocenters. The molecule has 0 aromatic carbocycles. The minimum absolute atomic E-state index is 0.217. The number of hydrogen-bond donors (Lipinski definition) is 1. The topological polar surface area (TPSA) is 61.0 Å². The molecule has 1 heterocycles. The van der Waals surface area contributed by atoms with E-state index in [9.17, 15) is 13.2 Å². The fraction of sp³-hybridized carbons (Fsp3) is 0.667. The molecule has 0 saturated heterocycles. The van der Waals surface area contributed by atoms with E-state index in [-0.39, 0.29) is 12.4 Å². The van der Waals surface area contributed by atoms with Crippen molar-refractivity contribution in [3.05, 3.63) is 15.1 Å². The molecule has 2 rings (SSSR count). The van der Waals surface area contributed by atoms with Crippen molar-refractivity contribution in [2.75, 3.05) is 12.3 Å². The average Bonchev–Trinajstić information content (AvgIpc) is 2.85. The summed E-state index contributed by atoms with van der Waals surface area (Å²) in [6, 6.07) is 0. The van der Waals surface area contributed by atoms with Crippen LogP contribution in [0.4, 0.5) is 19.0 Å². The Morgan fingerprint density at radius 2 is 1.90 bits per heavy atom.